The maximum atomic E-state index is 13.6. The number of halogens is 3. The summed E-state index contributed by atoms with van der Waals surface area (Å²) in [6.07, 6.45) is 3.14. The second kappa shape index (κ2) is 8.31. The maximum absolute atomic E-state index is 13.6. The van der Waals surface area contributed by atoms with E-state index in [0.29, 0.717) is 18.9 Å². The molecule has 1 aromatic heterocycles. The van der Waals surface area contributed by atoms with E-state index < -0.39 is 23.2 Å². The van der Waals surface area contributed by atoms with E-state index in [1.807, 2.05) is 0 Å². The van der Waals surface area contributed by atoms with E-state index in [1.165, 1.54) is 30.6 Å². The van der Waals surface area contributed by atoms with E-state index in [0.717, 1.165) is 17.7 Å². The van der Waals surface area contributed by atoms with Crippen LogP contribution in [0.2, 0.25) is 0 Å². The molecule has 0 aliphatic rings. The van der Waals surface area contributed by atoms with Gasteiger partial charge in [0.1, 0.15) is 23.1 Å². The third kappa shape index (κ3) is 4.81. The molecule has 138 valence electrons. The van der Waals surface area contributed by atoms with Crippen LogP contribution in [0.15, 0.2) is 54.9 Å². The van der Waals surface area contributed by atoms with Crippen molar-refractivity contribution in [3.05, 3.63) is 83.4 Å². The molecule has 1 amide bonds. The van der Waals surface area contributed by atoms with Gasteiger partial charge in [0.05, 0.1) is 5.56 Å². The largest absolute Gasteiger partial charge is 0.354 e. The minimum Gasteiger partial charge on any atom is -0.354 e. The van der Waals surface area contributed by atoms with Crippen molar-refractivity contribution in [1.29, 1.82) is 0 Å². The number of benzene rings is 2. The third-order valence-electron chi connectivity index (χ3n) is 3.73. The Kier molecular flexibility index (Phi) is 5.65. The fourth-order valence-corrected chi connectivity index (χ4v) is 2.31. The number of anilines is 2. The second-order valence-corrected chi connectivity index (χ2v) is 5.65. The molecule has 3 rings (SSSR count). The Morgan fingerprint density at radius 1 is 0.926 bits per heavy atom. The number of hydrogen-bond acceptors (Lipinski definition) is 4. The maximum Gasteiger partial charge on any atom is 0.258 e. The molecule has 0 atom stereocenters. The van der Waals surface area contributed by atoms with Gasteiger partial charge in [0.25, 0.3) is 5.91 Å². The van der Waals surface area contributed by atoms with Gasteiger partial charge in [0, 0.05) is 18.9 Å². The van der Waals surface area contributed by atoms with Gasteiger partial charge in [-0.25, -0.2) is 23.1 Å². The van der Waals surface area contributed by atoms with E-state index in [1.54, 1.807) is 12.1 Å². The first-order valence-electron chi connectivity index (χ1n) is 8.08. The van der Waals surface area contributed by atoms with Crippen molar-refractivity contribution in [2.24, 2.45) is 0 Å². The molecule has 3 aromatic rings. The van der Waals surface area contributed by atoms with Crippen molar-refractivity contribution in [1.82, 2.24) is 9.97 Å². The number of carbonyl (C=O) groups excluding carboxylic acids is 1. The topological polar surface area (TPSA) is 66.9 Å². The molecule has 8 heteroatoms. The molecule has 0 spiro atoms. The highest BCUT2D eigenvalue weighted by Crippen LogP contribution is 2.18. The molecule has 0 saturated carbocycles. The van der Waals surface area contributed by atoms with Crippen molar-refractivity contribution in [3.8, 4) is 0 Å². The van der Waals surface area contributed by atoms with Gasteiger partial charge in [0.15, 0.2) is 0 Å². The van der Waals surface area contributed by atoms with Gasteiger partial charge in [-0.1, -0.05) is 18.2 Å². The first kappa shape index (κ1) is 18.4. The Morgan fingerprint density at radius 3 is 2.19 bits per heavy atom. The van der Waals surface area contributed by atoms with Gasteiger partial charge in [0.2, 0.25) is 5.95 Å². The standard InChI is InChI=1S/C19H15F3N4O/c20-14-6-4-12(5-7-14)8-9-23-19-24-10-13(11-25-19)18(27)26-17-15(21)2-1-3-16(17)22/h1-7,10-11H,8-9H2,(H,26,27)(H,23,24,25). The minimum absolute atomic E-state index is 0.0572. The van der Waals surface area contributed by atoms with Crippen LogP contribution < -0.4 is 10.6 Å². The number of hydrogen-bond donors (Lipinski definition) is 2. The van der Waals surface area contributed by atoms with Gasteiger partial charge < -0.3 is 10.6 Å². The van der Waals surface area contributed by atoms with Crippen molar-refractivity contribution >= 4 is 17.5 Å². The molecule has 0 radical (unpaired) electrons. The summed E-state index contributed by atoms with van der Waals surface area (Å²) < 4.78 is 40.0. The Labute approximate surface area is 153 Å². The molecular formula is C19H15F3N4O. The number of carbonyl (C=O) groups is 1. The number of amides is 1. The predicted octanol–water partition coefficient (Wildman–Crippen LogP) is 3.80. The molecule has 5 nitrogen and oxygen atoms in total. The smallest absolute Gasteiger partial charge is 0.258 e. The van der Waals surface area contributed by atoms with Crippen LogP contribution in [0.1, 0.15) is 15.9 Å². The third-order valence-corrected chi connectivity index (χ3v) is 3.73. The predicted molar refractivity (Wildman–Crippen MR) is 94.9 cm³/mol. The Hall–Kier alpha value is -3.42. The van der Waals surface area contributed by atoms with Crippen LogP contribution in [0.3, 0.4) is 0 Å². The van der Waals surface area contributed by atoms with E-state index in [9.17, 15) is 18.0 Å². The number of para-hydroxylation sites is 1. The van der Waals surface area contributed by atoms with Crippen LogP contribution in [0.5, 0.6) is 0 Å². The van der Waals surface area contributed by atoms with Crippen molar-refractivity contribution in [2.45, 2.75) is 6.42 Å². The summed E-state index contributed by atoms with van der Waals surface area (Å²) in [5.41, 5.74) is 0.484. The van der Waals surface area contributed by atoms with Crippen LogP contribution in [0.25, 0.3) is 0 Å². The molecule has 0 bridgehead atoms. The molecule has 0 aliphatic carbocycles. The molecule has 0 unspecified atom stereocenters. The fourth-order valence-electron chi connectivity index (χ4n) is 2.31. The molecule has 2 N–H and O–H groups in total. The van der Waals surface area contributed by atoms with E-state index in [2.05, 4.69) is 20.6 Å². The lowest BCUT2D eigenvalue weighted by Gasteiger charge is -2.08. The van der Waals surface area contributed by atoms with Crippen molar-refractivity contribution in [3.63, 3.8) is 0 Å². The van der Waals surface area contributed by atoms with Gasteiger partial charge in [-0.05, 0) is 36.2 Å². The van der Waals surface area contributed by atoms with Gasteiger partial charge in [-0.3, -0.25) is 4.79 Å². The average Bonchev–Trinajstić information content (AvgIpc) is 2.67. The lowest BCUT2D eigenvalue weighted by molar-refractivity contribution is 0.102. The first-order valence-corrected chi connectivity index (χ1v) is 8.08. The summed E-state index contributed by atoms with van der Waals surface area (Å²) in [5.74, 6) is -2.46. The van der Waals surface area contributed by atoms with Crippen molar-refractivity contribution in [2.75, 3.05) is 17.2 Å². The zero-order valence-electron chi connectivity index (χ0n) is 14.0. The van der Waals surface area contributed by atoms with E-state index in [4.69, 9.17) is 0 Å². The molecule has 0 aliphatic heterocycles. The van der Waals surface area contributed by atoms with Crippen LogP contribution in [-0.4, -0.2) is 22.4 Å². The molecule has 0 fully saturated rings. The highest BCUT2D eigenvalue weighted by molar-refractivity contribution is 6.04. The summed E-state index contributed by atoms with van der Waals surface area (Å²) in [6, 6.07) is 9.44. The van der Waals surface area contributed by atoms with Crippen LogP contribution in [0, 0.1) is 17.5 Å². The highest BCUT2D eigenvalue weighted by atomic mass is 19.1. The minimum atomic E-state index is -0.872. The molecule has 0 saturated heterocycles. The zero-order chi connectivity index (χ0) is 19.2. The average molecular weight is 372 g/mol. The van der Waals surface area contributed by atoms with Crippen molar-refractivity contribution < 1.29 is 18.0 Å². The lowest BCUT2D eigenvalue weighted by atomic mass is 10.1. The lowest BCUT2D eigenvalue weighted by Crippen LogP contribution is -2.16. The van der Waals surface area contributed by atoms with Gasteiger partial charge in [-0.2, -0.15) is 0 Å². The summed E-state index contributed by atoms with van der Waals surface area (Å²) in [5, 5.41) is 5.14. The van der Waals surface area contributed by atoms with Crippen LogP contribution >= 0.6 is 0 Å². The summed E-state index contributed by atoms with van der Waals surface area (Å²) >= 11 is 0. The quantitative estimate of drug-likeness (QED) is 0.691. The second-order valence-electron chi connectivity index (χ2n) is 5.65. The van der Waals surface area contributed by atoms with Gasteiger partial charge >= 0.3 is 0 Å². The zero-order valence-corrected chi connectivity index (χ0v) is 14.0. The molecule has 27 heavy (non-hydrogen) atoms. The SMILES string of the molecule is O=C(Nc1c(F)cccc1F)c1cnc(NCCc2ccc(F)cc2)nc1. The Balaban J connectivity index is 1.56. The van der Waals surface area contributed by atoms with Gasteiger partial charge in [-0.15, -0.1) is 0 Å². The summed E-state index contributed by atoms with van der Waals surface area (Å²) in [6.45, 7) is 0.512. The van der Waals surface area contributed by atoms with E-state index >= 15 is 0 Å². The van der Waals surface area contributed by atoms with Crippen LogP contribution in [0.4, 0.5) is 24.8 Å². The van der Waals surface area contributed by atoms with Crippen LogP contribution in [-0.2, 0) is 6.42 Å². The Morgan fingerprint density at radius 2 is 1.56 bits per heavy atom. The number of nitrogens with zero attached hydrogens (tertiary/aromatic N) is 2. The monoisotopic (exact) mass is 372 g/mol. The highest BCUT2D eigenvalue weighted by Gasteiger charge is 2.14. The number of aromatic nitrogens is 2. The normalized spacial score (nSPS) is 10.5. The number of nitrogens with one attached hydrogen (secondary N) is 2. The first-order chi connectivity index (χ1) is 13.0. The van der Waals surface area contributed by atoms with E-state index in [-0.39, 0.29) is 11.4 Å². The summed E-state index contributed by atoms with van der Waals surface area (Å²) in [7, 11) is 0. The number of rotatable bonds is 6. The Bertz CT molecular complexity index is 910. The summed E-state index contributed by atoms with van der Waals surface area (Å²) in [4.78, 5) is 20.1. The fraction of sp³-hybridized carbons (Fsp3) is 0.105. The molecule has 1 heterocycles. The molecular weight excluding hydrogens is 357 g/mol. The molecule has 2 aromatic carbocycles.